The van der Waals surface area contributed by atoms with E-state index in [2.05, 4.69) is 10.3 Å². The summed E-state index contributed by atoms with van der Waals surface area (Å²) < 4.78 is 3.74. The van der Waals surface area contributed by atoms with Gasteiger partial charge in [-0.3, -0.25) is 14.2 Å². The Hall–Kier alpha value is -3.16. The third-order valence-electron chi connectivity index (χ3n) is 4.18. The molecule has 0 aliphatic rings. The topological polar surface area (TPSA) is 90.9 Å². The van der Waals surface area contributed by atoms with E-state index in [1.54, 1.807) is 7.05 Å². The van der Waals surface area contributed by atoms with Crippen LogP contribution in [-0.4, -0.2) is 24.6 Å². The van der Waals surface area contributed by atoms with Crippen molar-refractivity contribution in [3.63, 3.8) is 0 Å². The molecule has 8 heteroatoms. The summed E-state index contributed by atoms with van der Waals surface area (Å²) in [4.78, 5) is 41.4. The zero-order valence-corrected chi connectivity index (χ0v) is 14.3. The van der Waals surface area contributed by atoms with Gasteiger partial charge in [-0.05, 0) is 12.5 Å². The molecule has 3 rings (SSSR count). The summed E-state index contributed by atoms with van der Waals surface area (Å²) in [5, 5.41) is 2.81. The lowest BCUT2D eigenvalue weighted by atomic mass is 10.1. The number of aromatic nitrogens is 4. The van der Waals surface area contributed by atoms with E-state index in [1.165, 1.54) is 22.5 Å². The van der Waals surface area contributed by atoms with Crippen LogP contribution in [0.1, 0.15) is 18.5 Å². The number of hydrogen-bond acceptors (Lipinski definition) is 4. The van der Waals surface area contributed by atoms with Gasteiger partial charge in [-0.15, -0.1) is 0 Å². The van der Waals surface area contributed by atoms with Crippen LogP contribution in [0.3, 0.4) is 0 Å². The number of fused-ring (bicyclic) bond motifs is 1. The predicted octanol–water partition coefficient (Wildman–Crippen LogP) is 0.311. The number of nitrogens with one attached hydrogen (secondary N) is 1. The largest absolute Gasteiger partial charge is 0.348 e. The first-order chi connectivity index (χ1) is 11.9. The van der Waals surface area contributed by atoms with Gasteiger partial charge in [0.1, 0.15) is 6.54 Å². The molecule has 2 heterocycles. The molecule has 1 aromatic carbocycles. The highest BCUT2D eigenvalue weighted by molar-refractivity contribution is 5.77. The number of benzene rings is 1. The first-order valence-electron chi connectivity index (χ1n) is 7.85. The van der Waals surface area contributed by atoms with Crippen LogP contribution in [0.25, 0.3) is 11.2 Å². The van der Waals surface area contributed by atoms with Crippen LogP contribution in [0, 0.1) is 0 Å². The van der Waals surface area contributed by atoms with Gasteiger partial charge in [0.2, 0.25) is 5.91 Å². The predicted molar refractivity (Wildman–Crippen MR) is 93.2 cm³/mol. The van der Waals surface area contributed by atoms with Crippen molar-refractivity contribution in [1.29, 1.82) is 0 Å². The lowest BCUT2D eigenvalue weighted by molar-refractivity contribution is -0.122. The Morgan fingerprint density at radius 3 is 2.56 bits per heavy atom. The Morgan fingerprint density at radius 2 is 1.88 bits per heavy atom. The molecular weight excluding hydrogens is 322 g/mol. The number of aryl methyl sites for hydroxylation is 2. The highest BCUT2D eigenvalue weighted by Gasteiger charge is 2.18. The molecule has 0 fully saturated rings. The van der Waals surface area contributed by atoms with Crippen molar-refractivity contribution in [2.45, 2.75) is 19.5 Å². The summed E-state index contributed by atoms with van der Waals surface area (Å²) in [6.07, 6.45) is 1.47. The van der Waals surface area contributed by atoms with Gasteiger partial charge in [0, 0.05) is 14.1 Å². The Bertz CT molecular complexity index is 1050. The molecule has 0 radical (unpaired) electrons. The molecule has 8 nitrogen and oxygen atoms in total. The smallest absolute Gasteiger partial charge is 0.332 e. The molecule has 1 unspecified atom stereocenters. The van der Waals surface area contributed by atoms with Crippen molar-refractivity contribution in [2.24, 2.45) is 14.1 Å². The number of nitrogens with zero attached hydrogens (tertiary/aromatic N) is 4. The molecule has 0 saturated carbocycles. The van der Waals surface area contributed by atoms with E-state index in [-0.39, 0.29) is 18.1 Å². The van der Waals surface area contributed by atoms with Crippen LogP contribution >= 0.6 is 0 Å². The first kappa shape index (κ1) is 16.7. The summed E-state index contributed by atoms with van der Waals surface area (Å²) in [7, 11) is 3.20. The van der Waals surface area contributed by atoms with E-state index in [1.807, 2.05) is 37.3 Å². The number of hydrogen-bond donors (Lipinski definition) is 1. The van der Waals surface area contributed by atoms with E-state index in [9.17, 15) is 14.4 Å². The lowest BCUT2D eigenvalue weighted by Crippen LogP contribution is -2.43. The minimum absolute atomic E-state index is 0.228. The van der Waals surface area contributed by atoms with Crippen LogP contribution in [0.4, 0.5) is 0 Å². The molecule has 3 aromatic rings. The van der Waals surface area contributed by atoms with Gasteiger partial charge in [0.05, 0.1) is 12.4 Å². The summed E-state index contributed by atoms with van der Waals surface area (Å²) in [5.41, 5.74) is 0.426. The second-order valence-electron chi connectivity index (χ2n) is 5.96. The quantitative estimate of drug-likeness (QED) is 0.739. The highest BCUT2D eigenvalue weighted by atomic mass is 16.2. The fourth-order valence-electron chi connectivity index (χ4n) is 2.79. The van der Waals surface area contributed by atoms with Gasteiger partial charge < -0.3 is 9.88 Å². The van der Waals surface area contributed by atoms with Crippen LogP contribution in [0.5, 0.6) is 0 Å². The first-order valence-corrected chi connectivity index (χ1v) is 7.85. The molecule has 0 aliphatic heterocycles. The Kier molecular flexibility index (Phi) is 4.26. The maximum atomic E-state index is 12.6. The zero-order valence-electron chi connectivity index (χ0n) is 14.3. The molecule has 25 heavy (non-hydrogen) atoms. The fraction of sp³-hybridized carbons (Fsp3) is 0.294. The number of carbonyl (C=O) groups is 1. The van der Waals surface area contributed by atoms with Crippen LogP contribution in [0.15, 0.2) is 46.2 Å². The highest BCUT2D eigenvalue weighted by Crippen LogP contribution is 2.10. The zero-order chi connectivity index (χ0) is 18.1. The van der Waals surface area contributed by atoms with E-state index >= 15 is 0 Å². The molecule has 1 N–H and O–H groups in total. The molecule has 0 spiro atoms. The van der Waals surface area contributed by atoms with E-state index in [0.717, 1.165) is 10.1 Å². The average molecular weight is 341 g/mol. The van der Waals surface area contributed by atoms with Gasteiger partial charge in [0.25, 0.3) is 5.56 Å². The normalized spacial score (nSPS) is 12.3. The van der Waals surface area contributed by atoms with Crippen molar-refractivity contribution in [1.82, 2.24) is 24.0 Å². The van der Waals surface area contributed by atoms with Crippen molar-refractivity contribution < 1.29 is 4.79 Å². The van der Waals surface area contributed by atoms with E-state index in [0.29, 0.717) is 5.65 Å². The van der Waals surface area contributed by atoms with Crippen molar-refractivity contribution in [3.8, 4) is 0 Å². The lowest BCUT2D eigenvalue weighted by Gasteiger charge is -2.15. The van der Waals surface area contributed by atoms with Crippen molar-refractivity contribution in [3.05, 3.63) is 63.1 Å². The number of carbonyl (C=O) groups excluding carboxylic acids is 1. The van der Waals surface area contributed by atoms with Crippen LogP contribution in [-0.2, 0) is 25.4 Å². The molecule has 130 valence electrons. The molecule has 1 amide bonds. The van der Waals surface area contributed by atoms with Gasteiger partial charge in [-0.25, -0.2) is 14.3 Å². The second-order valence-corrected chi connectivity index (χ2v) is 5.96. The molecular formula is C17H19N5O3. The fourth-order valence-corrected chi connectivity index (χ4v) is 2.79. The van der Waals surface area contributed by atoms with Gasteiger partial charge in [0.15, 0.2) is 11.2 Å². The van der Waals surface area contributed by atoms with E-state index < -0.39 is 17.2 Å². The van der Waals surface area contributed by atoms with E-state index in [4.69, 9.17) is 0 Å². The molecule has 0 bridgehead atoms. The molecule has 2 aromatic heterocycles. The Morgan fingerprint density at radius 1 is 1.20 bits per heavy atom. The summed E-state index contributed by atoms with van der Waals surface area (Å²) in [5.74, 6) is -0.405. The molecule has 0 aliphatic carbocycles. The maximum Gasteiger partial charge on any atom is 0.332 e. The Balaban J connectivity index is 1.90. The average Bonchev–Trinajstić information content (AvgIpc) is 2.99. The number of amides is 1. The monoisotopic (exact) mass is 341 g/mol. The standard InChI is InChI=1S/C17H19N5O3/c1-11(12-7-5-4-6-8-12)19-13(23)9-22-16(24)14-15(18-10-20(14)2)21(3)17(22)25/h4-8,10-11H,9H2,1-3H3,(H,19,23). The van der Waals surface area contributed by atoms with Gasteiger partial charge in [-0.2, -0.15) is 0 Å². The SMILES string of the molecule is CC(NC(=O)Cn1c(=O)c2c(ncn2C)n(C)c1=O)c1ccccc1. The number of imidazole rings is 1. The molecule has 0 saturated heterocycles. The van der Waals surface area contributed by atoms with Crippen LogP contribution in [0.2, 0.25) is 0 Å². The van der Waals surface area contributed by atoms with Gasteiger partial charge in [-0.1, -0.05) is 30.3 Å². The van der Waals surface area contributed by atoms with Crippen molar-refractivity contribution >= 4 is 17.1 Å². The minimum Gasteiger partial charge on any atom is -0.348 e. The summed E-state index contributed by atoms with van der Waals surface area (Å²) in [6.45, 7) is 1.50. The summed E-state index contributed by atoms with van der Waals surface area (Å²) in [6, 6.07) is 9.23. The third-order valence-corrected chi connectivity index (χ3v) is 4.18. The van der Waals surface area contributed by atoms with Gasteiger partial charge >= 0.3 is 5.69 Å². The Labute approximate surface area is 143 Å². The second kappa shape index (κ2) is 6.39. The summed E-state index contributed by atoms with van der Waals surface area (Å²) >= 11 is 0. The minimum atomic E-state index is -0.571. The number of rotatable bonds is 4. The van der Waals surface area contributed by atoms with Crippen LogP contribution < -0.4 is 16.6 Å². The maximum absolute atomic E-state index is 12.6. The van der Waals surface area contributed by atoms with Crippen molar-refractivity contribution in [2.75, 3.05) is 0 Å². The molecule has 1 atom stereocenters. The third kappa shape index (κ3) is 2.98.